The lowest BCUT2D eigenvalue weighted by molar-refractivity contribution is 0.0427. The van der Waals surface area contributed by atoms with E-state index >= 15 is 0 Å². The zero-order valence-electron chi connectivity index (χ0n) is 19.3. The summed E-state index contributed by atoms with van der Waals surface area (Å²) in [5, 5.41) is 25.0. The van der Waals surface area contributed by atoms with Crippen LogP contribution in [0.15, 0.2) is 48.5 Å². The van der Waals surface area contributed by atoms with Crippen molar-refractivity contribution < 1.29 is 29.3 Å². The molecule has 4 N–H and O–H groups in total. The van der Waals surface area contributed by atoms with Gasteiger partial charge in [-0.15, -0.1) is 0 Å². The van der Waals surface area contributed by atoms with Crippen LogP contribution >= 0.6 is 0 Å². The Kier molecular flexibility index (Phi) is 7.61. The highest BCUT2D eigenvalue weighted by Crippen LogP contribution is 2.32. The molecule has 0 fully saturated rings. The van der Waals surface area contributed by atoms with Crippen molar-refractivity contribution in [3.8, 4) is 11.5 Å². The van der Waals surface area contributed by atoms with Gasteiger partial charge in [0.05, 0.1) is 12.1 Å². The second-order valence-corrected chi connectivity index (χ2v) is 9.43. The maximum atomic E-state index is 12.6. The standard InChI is InChI=1S/C24H32N2O6/c1-23(2,3)31-21(29)25-19(15-7-11-17(27)12-8-15)20(16-9-13-18(28)14-10-16)26-22(30)32-24(4,5)6/h7-14,19-20,27-28H,1-6H3,(H,25,29)(H,26,30)/t19-,20-/m0/s1. The molecular formula is C24H32N2O6. The first-order valence-corrected chi connectivity index (χ1v) is 10.3. The van der Waals surface area contributed by atoms with E-state index < -0.39 is 35.5 Å². The number of hydrogen-bond donors (Lipinski definition) is 4. The van der Waals surface area contributed by atoms with Gasteiger partial charge < -0.3 is 30.3 Å². The molecule has 8 nitrogen and oxygen atoms in total. The highest BCUT2D eigenvalue weighted by molar-refractivity contribution is 5.71. The molecule has 0 unspecified atom stereocenters. The predicted molar refractivity (Wildman–Crippen MR) is 120 cm³/mol. The van der Waals surface area contributed by atoms with Crippen LogP contribution in [0.1, 0.15) is 64.8 Å². The lowest BCUT2D eigenvalue weighted by Gasteiger charge is -2.31. The molecule has 0 saturated carbocycles. The summed E-state index contributed by atoms with van der Waals surface area (Å²) in [6.45, 7) is 10.5. The molecule has 0 bridgehead atoms. The van der Waals surface area contributed by atoms with Crippen molar-refractivity contribution in [1.29, 1.82) is 0 Å². The molecule has 174 valence electrons. The Bertz CT molecular complexity index is 834. The first-order chi connectivity index (χ1) is 14.7. The fourth-order valence-electron chi connectivity index (χ4n) is 2.95. The van der Waals surface area contributed by atoms with Gasteiger partial charge in [-0.05, 0) is 76.9 Å². The number of carbonyl (C=O) groups is 2. The van der Waals surface area contributed by atoms with E-state index in [4.69, 9.17) is 9.47 Å². The Balaban J connectivity index is 2.48. The molecule has 32 heavy (non-hydrogen) atoms. The summed E-state index contributed by atoms with van der Waals surface area (Å²) in [6.07, 6.45) is -1.35. The molecule has 2 aromatic rings. The van der Waals surface area contributed by atoms with Gasteiger partial charge in [0.25, 0.3) is 0 Å². The first kappa shape index (κ1) is 24.8. The number of phenols is 2. The molecular weight excluding hydrogens is 412 g/mol. The van der Waals surface area contributed by atoms with Crippen molar-refractivity contribution in [2.24, 2.45) is 0 Å². The quantitative estimate of drug-likeness (QED) is 0.519. The van der Waals surface area contributed by atoms with E-state index in [-0.39, 0.29) is 11.5 Å². The van der Waals surface area contributed by atoms with Crippen LogP contribution < -0.4 is 10.6 Å². The van der Waals surface area contributed by atoms with Gasteiger partial charge in [0, 0.05) is 0 Å². The summed E-state index contributed by atoms with van der Waals surface area (Å²) in [7, 11) is 0. The van der Waals surface area contributed by atoms with Crippen LogP contribution in [0.5, 0.6) is 11.5 Å². The van der Waals surface area contributed by atoms with Gasteiger partial charge >= 0.3 is 12.2 Å². The van der Waals surface area contributed by atoms with Gasteiger partial charge in [-0.1, -0.05) is 24.3 Å². The molecule has 0 aliphatic carbocycles. The summed E-state index contributed by atoms with van der Waals surface area (Å²) in [5.41, 5.74) is -0.225. The minimum absolute atomic E-state index is 0.0612. The normalized spacial score (nSPS) is 13.6. The maximum Gasteiger partial charge on any atom is 0.408 e. The average Bonchev–Trinajstić information content (AvgIpc) is 2.63. The molecule has 0 saturated heterocycles. The number of phenolic OH excluding ortho intramolecular Hbond substituents is 2. The Hall–Kier alpha value is -3.42. The van der Waals surface area contributed by atoms with Crippen molar-refractivity contribution >= 4 is 12.2 Å². The minimum Gasteiger partial charge on any atom is -0.508 e. The average molecular weight is 445 g/mol. The lowest BCUT2D eigenvalue weighted by atomic mass is 9.93. The monoisotopic (exact) mass is 444 g/mol. The highest BCUT2D eigenvalue weighted by Gasteiger charge is 2.31. The summed E-state index contributed by atoms with van der Waals surface area (Å²) < 4.78 is 10.8. The number of aromatic hydroxyl groups is 2. The zero-order valence-corrected chi connectivity index (χ0v) is 19.3. The van der Waals surface area contributed by atoms with Gasteiger partial charge in [0.1, 0.15) is 22.7 Å². The SMILES string of the molecule is CC(C)(C)OC(=O)N[C@@H](c1ccc(O)cc1)[C@@H](NC(=O)OC(C)(C)C)c1ccc(O)cc1. The summed E-state index contributed by atoms with van der Waals surface area (Å²) in [5.74, 6) is 0.122. The Morgan fingerprint density at radius 2 is 0.938 bits per heavy atom. The number of hydrogen-bond acceptors (Lipinski definition) is 6. The van der Waals surface area contributed by atoms with Gasteiger partial charge in [0.2, 0.25) is 0 Å². The van der Waals surface area contributed by atoms with E-state index in [0.717, 1.165) is 0 Å². The number of carbonyl (C=O) groups excluding carboxylic acids is 2. The molecule has 2 aromatic carbocycles. The van der Waals surface area contributed by atoms with Gasteiger partial charge in [-0.2, -0.15) is 0 Å². The lowest BCUT2D eigenvalue weighted by Crippen LogP contribution is -2.44. The summed E-state index contributed by atoms with van der Waals surface area (Å²) >= 11 is 0. The van der Waals surface area contributed by atoms with Crippen LogP contribution in [-0.4, -0.2) is 33.6 Å². The van der Waals surface area contributed by atoms with Gasteiger partial charge in [-0.3, -0.25) is 0 Å². The van der Waals surface area contributed by atoms with E-state index in [1.165, 1.54) is 24.3 Å². The van der Waals surface area contributed by atoms with E-state index in [1.54, 1.807) is 65.8 Å². The third-order valence-electron chi connectivity index (χ3n) is 4.18. The molecule has 2 rings (SSSR count). The van der Waals surface area contributed by atoms with Crippen LogP contribution in [-0.2, 0) is 9.47 Å². The maximum absolute atomic E-state index is 12.6. The van der Waals surface area contributed by atoms with Crippen molar-refractivity contribution in [2.45, 2.75) is 64.8 Å². The second-order valence-electron chi connectivity index (χ2n) is 9.43. The molecule has 8 heteroatoms. The molecule has 0 aromatic heterocycles. The number of benzene rings is 2. The number of amides is 2. The third-order valence-corrected chi connectivity index (χ3v) is 4.18. The molecule has 0 radical (unpaired) electrons. The second kappa shape index (κ2) is 9.80. The van der Waals surface area contributed by atoms with Gasteiger partial charge in [0.15, 0.2) is 0 Å². The Labute approximate surface area is 188 Å². The molecule has 2 amide bonds. The highest BCUT2D eigenvalue weighted by atomic mass is 16.6. The number of rotatable bonds is 5. The van der Waals surface area contributed by atoms with Crippen LogP contribution in [0.4, 0.5) is 9.59 Å². The summed E-state index contributed by atoms with van der Waals surface area (Å²) in [4.78, 5) is 25.3. The van der Waals surface area contributed by atoms with Crippen LogP contribution in [0.2, 0.25) is 0 Å². The molecule has 0 heterocycles. The molecule has 0 spiro atoms. The first-order valence-electron chi connectivity index (χ1n) is 10.3. The molecule has 2 atom stereocenters. The number of ether oxygens (including phenoxy) is 2. The van der Waals surface area contributed by atoms with Crippen LogP contribution in [0.25, 0.3) is 0 Å². The number of alkyl carbamates (subject to hydrolysis) is 2. The predicted octanol–water partition coefficient (Wildman–Crippen LogP) is 4.93. The molecule has 0 aliphatic heterocycles. The summed E-state index contributed by atoms with van der Waals surface area (Å²) in [6, 6.07) is 11.0. The largest absolute Gasteiger partial charge is 0.508 e. The zero-order chi connectivity index (χ0) is 24.1. The van der Waals surface area contributed by atoms with Crippen molar-refractivity contribution in [2.75, 3.05) is 0 Å². The van der Waals surface area contributed by atoms with Crippen molar-refractivity contribution in [1.82, 2.24) is 10.6 Å². The number of nitrogens with one attached hydrogen (secondary N) is 2. The van der Waals surface area contributed by atoms with E-state index in [1.807, 2.05) is 0 Å². The van der Waals surface area contributed by atoms with Crippen LogP contribution in [0.3, 0.4) is 0 Å². The fraction of sp³-hybridized carbons (Fsp3) is 0.417. The fourth-order valence-corrected chi connectivity index (χ4v) is 2.95. The molecule has 0 aliphatic rings. The minimum atomic E-state index is -0.775. The van der Waals surface area contributed by atoms with Gasteiger partial charge in [-0.25, -0.2) is 9.59 Å². The third kappa shape index (κ3) is 8.02. The Morgan fingerprint density at radius 3 is 1.19 bits per heavy atom. The van der Waals surface area contributed by atoms with Crippen molar-refractivity contribution in [3.63, 3.8) is 0 Å². The topological polar surface area (TPSA) is 117 Å². The van der Waals surface area contributed by atoms with Crippen molar-refractivity contribution in [3.05, 3.63) is 59.7 Å². The van der Waals surface area contributed by atoms with E-state index in [0.29, 0.717) is 11.1 Å². The van der Waals surface area contributed by atoms with Crippen LogP contribution in [0, 0.1) is 0 Å². The van der Waals surface area contributed by atoms with E-state index in [2.05, 4.69) is 10.6 Å². The smallest absolute Gasteiger partial charge is 0.408 e. The van der Waals surface area contributed by atoms with E-state index in [9.17, 15) is 19.8 Å². The Morgan fingerprint density at radius 1 is 0.656 bits per heavy atom.